The van der Waals surface area contributed by atoms with Crippen LogP contribution in [0.2, 0.25) is 0 Å². The van der Waals surface area contributed by atoms with Crippen molar-refractivity contribution < 1.29 is 13.9 Å². The Morgan fingerprint density at radius 2 is 2.14 bits per heavy atom. The summed E-state index contributed by atoms with van der Waals surface area (Å²) in [5, 5.41) is 0. The molecule has 0 saturated heterocycles. The minimum atomic E-state index is 0.295. The normalized spacial score (nSPS) is 10.6. The largest absolute Gasteiger partial charge is 0.448 e. The standard InChI is InChI=1S/C10H11NO3/c1-12-6-7-13-10-11-8-4-2-3-5-9(8)14-10/h2-5H,6-7H2,1H3. The van der Waals surface area contributed by atoms with Gasteiger partial charge in [0, 0.05) is 7.11 Å². The van der Waals surface area contributed by atoms with Gasteiger partial charge in [-0.05, 0) is 12.1 Å². The molecule has 0 atom stereocenters. The average Bonchev–Trinajstić information content (AvgIpc) is 2.60. The lowest BCUT2D eigenvalue weighted by Crippen LogP contribution is -2.04. The van der Waals surface area contributed by atoms with E-state index in [9.17, 15) is 0 Å². The Kier molecular flexibility index (Phi) is 2.65. The number of fused-ring (bicyclic) bond motifs is 1. The van der Waals surface area contributed by atoms with Crippen LogP contribution in [0.1, 0.15) is 0 Å². The fourth-order valence-corrected chi connectivity index (χ4v) is 1.13. The predicted octanol–water partition coefficient (Wildman–Crippen LogP) is 1.85. The van der Waals surface area contributed by atoms with E-state index in [0.717, 1.165) is 11.1 Å². The molecule has 2 rings (SSSR count). The first kappa shape index (κ1) is 9.02. The molecule has 1 aromatic carbocycles. The third-order valence-electron chi connectivity index (χ3n) is 1.79. The molecule has 0 unspecified atom stereocenters. The molecule has 4 heteroatoms. The van der Waals surface area contributed by atoms with Crippen LogP contribution in [0, 0.1) is 0 Å². The summed E-state index contributed by atoms with van der Waals surface area (Å²) in [6.45, 7) is 0.974. The van der Waals surface area contributed by atoms with E-state index >= 15 is 0 Å². The van der Waals surface area contributed by atoms with Gasteiger partial charge < -0.3 is 13.9 Å². The topological polar surface area (TPSA) is 44.5 Å². The van der Waals surface area contributed by atoms with E-state index in [1.54, 1.807) is 7.11 Å². The molecule has 0 aliphatic rings. The van der Waals surface area contributed by atoms with E-state index in [1.165, 1.54) is 0 Å². The monoisotopic (exact) mass is 193 g/mol. The van der Waals surface area contributed by atoms with E-state index in [-0.39, 0.29) is 0 Å². The summed E-state index contributed by atoms with van der Waals surface area (Å²) in [7, 11) is 1.62. The highest BCUT2D eigenvalue weighted by Gasteiger charge is 2.04. The summed E-state index contributed by atoms with van der Waals surface area (Å²) >= 11 is 0. The summed E-state index contributed by atoms with van der Waals surface area (Å²) in [6, 6.07) is 7.53. The van der Waals surface area contributed by atoms with Crippen LogP contribution in [0.4, 0.5) is 0 Å². The maximum atomic E-state index is 5.33. The maximum Gasteiger partial charge on any atom is 0.394 e. The lowest BCUT2D eigenvalue weighted by atomic mass is 10.3. The molecule has 0 radical (unpaired) electrons. The van der Waals surface area contributed by atoms with Gasteiger partial charge in [0.05, 0.1) is 6.61 Å². The lowest BCUT2D eigenvalue weighted by Gasteiger charge is -1.97. The van der Waals surface area contributed by atoms with Gasteiger partial charge in [0.15, 0.2) is 5.58 Å². The summed E-state index contributed by atoms with van der Waals surface area (Å²) < 4.78 is 15.4. The van der Waals surface area contributed by atoms with Gasteiger partial charge in [-0.2, -0.15) is 4.98 Å². The Labute approximate surface area is 81.4 Å². The number of hydrogen-bond donors (Lipinski definition) is 0. The SMILES string of the molecule is COCCOc1nc2ccccc2o1. The molecule has 0 spiro atoms. The Bertz CT molecular complexity index is 377. The molecule has 0 aliphatic carbocycles. The summed E-state index contributed by atoms with van der Waals surface area (Å²) in [5.41, 5.74) is 1.54. The number of para-hydroxylation sites is 2. The first-order valence-corrected chi connectivity index (χ1v) is 4.37. The Balaban J connectivity index is 2.11. The molecule has 1 aromatic heterocycles. The maximum absolute atomic E-state index is 5.33. The van der Waals surface area contributed by atoms with Crippen molar-refractivity contribution in [1.29, 1.82) is 0 Å². The Hall–Kier alpha value is -1.55. The zero-order valence-electron chi connectivity index (χ0n) is 7.90. The molecule has 74 valence electrons. The quantitative estimate of drug-likeness (QED) is 0.695. The van der Waals surface area contributed by atoms with E-state index in [1.807, 2.05) is 24.3 Å². The number of hydrogen-bond acceptors (Lipinski definition) is 4. The third kappa shape index (κ3) is 1.85. The highest BCUT2D eigenvalue weighted by atomic mass is 16.6. The summed E-state index contributed by atoms with van der Waals surface area (Å²) in [6.07, 6.45) is 0.295. The van der Waals surface area contributed by atoms with Gasteiger partial charge in [0.1, 0.15) is 12.1 Å². The predicted molar refractivity (Wildman–Crippen MR) is 51.4 cm³/mol. The number of methoxy groups -OCH3 is 1. The Morgan fingerprint density at radius 1 is 1.29 bits per heavy atom. The number of benzene rings is 1. The second-order valence-corrected chi connectivity index (χ2v) is 2.79. The average molecular weight is 193 g/mol. The van der Waals surface area contributed by atoms with E-state index < -0.39 is 0 Å². The molecule has 4 nitrogen and oxygen atoms in total. The number of oxazole rings is 1. The first-order valence-electron chi connectivity index (χ1n) is 4.37. The van der Waals surface area contributed by atoms with Gasteiger partial charge >= 0.3 is 6.08 Å². The van der Waals surface area contributed by atoms with Gasteiger partial charge in [-0.3, -0.25) is 0 Å². The zero-order valence-corrected chi connectivity index (χ0v) is 7.90. The van der Waals surface area contributed by atoms with E-state index in [2.05, 4.69) is 4.98 Å². The van der Waals surface area contributed by atoms with Gasteiger partial charge in [0.25, 0.3) is 0 Å². The van der Waals surface area contributed by atoms with Crippen molar-refractivity contribution in [3.05, 3.63) is 24.3 Å². The lowest BCUT2D eigenvalue weighted by molar-refractivity contribution is 0.127. The van der Waals surface area contributed by atoms with Crippen molar-refractivity contribution in [2.24, 2.45) is 0 Å². The molecule has 2 aromatic rings. The minimum absolute atomic E-state index is 0.295. The van der Waals surface area contributed by atoms with Crippen LogP contribution in [0.25, 0.3) is 11.1 Å². The number of rotatable bonds is 4. The van der Waals surface area contributed by atoms with Crippen LogP contribution >= 0.6 is 0 Å². The van der Waals surface area contributed by atoms with Crippen LogP contribution in [-0.2, 0) is 4.74 Å². The van der Waals surface area contributed by atoms with Gasteiger partial charge in [-0.15, -0.1) is 0 Å². The van der Waals surface area contributed by atoms with Gasteiger partial charge in [-0.25, -0.2) is 0 Å². The van der Waals surface area contributed by atoms with Crippen LogP contribution in [-0.4, -0.2) is 25.3 Å². The smallest absolute Gasteiger partial charge is 0.394 e. The molecule has 14 heavy (non-hydrogen) atoms. The highest BCUT2D eigenvalue weighted by molar-refractivity contribution is 5.72. The van der Waals surface area contributed by atoms with Crippen molar-refractivity contribution in [3.8, 4) is 6.08 Å². The van der Waals surface area contributed by atoms with Crippen LogP contribution in [0.15, 0.2) is 28.7 Å². The molecular weight excluding hydrogens is 182 g/mol. The van der Waals surface area contributed by atoms with Crippen LogP contribution in [0.3, 0.4) is 0 Å². The van der Waals surface area contributed by atoms with Crippen LogP contribution < -0.4 is 4.74 Å². The molecule has 0 fully saturated rings. The Morgan fingerprint density at radius 3 is 2.93 bits per heavy atom. The summed E-state index contributed by atoms with van der Waals surface area (Å²) in [4.78, 5) is 4.14. The number of ether oxygens (including phenoxy) is 2. The minimum Gasteiger partial charge on any atom is -0.448 e. The fourth-order valence-electron chi connectivity index (χ4n) is 1.13. The molecule has 1 heterocycles. The highest BCUT2D eigenvalue weighted by Crippen LogP contribution is 2.19. The summed E-state index contributed by atoms with van der Waals surface area (Å²) in [5.74, 6) is 0. The third-order valence-corrected chi connectivity index (χ3v) is 1.79. The molecular formula is C10H11NO3. The molecule has 0 saturated carbocycles. The molecule has 0 bridgehead atoms. The van der Waals surface area contributed by atoms with Crippen molar-refractivity contribution in [2.45, 2.75) is 0 Å². The van der Waals surface area contributed by atoms with Crippen molar-refractivity contribution >= 4 is 11.1 Å². The van der Waals surface area contributed by atoms with E-state index in [4.69, 9.17) is 13.9 Å². The number of aromatic nitrogens is 1. The van der Waals surface area contributed by atoms with Crippen LogP contribution in [0.5, 0.6) is 6.08 Å². The molecule has 0 N–H and O–H groups in total. The van der Waals surface area contributed by atoms with Crippen molar-refractivity contribution in [1.82, 2.24) is 4.98 Å². The van der Waals surface area contributed by atoms with Crippen molar-refractivity contribution in [3.63, 3.8) is 0 Å². The fraction of sp³-hybridized carbons (Fsp3) is 0.300. The van der Waals surface area contributed by atoms with Gasteiger partial charge in [-0.1, -0.05) is 12.1 Å². The second kappa shape index (κ2) is 4.11. The van der Waals surface area contributed by atoms with Crippen molar-refractivity contribution in [2.75, 3.05) is 20.3 Å². The molecule has 0 aliphatic heterocycles. The first-order chi connectivity index (χ1) is 6.90. The zero-order chi connectivity index (χ0) is 9.80. The molecule has 0 amide bonds. The van der Waals surface area contributed by atoms with Gasteiger partial charge in [0.2, 0.25) is 0 Å². The van der Waals surface area contributed by atoms with E-state index in [0.29, 0.717) is 19.3 Å². The second-order valence-electron chi connectivity index (χ2n) is 2.79. The number of nitrogens with zero attached hydrogens (tertiary/aromatic N) is 1.